The second-order valence-electron chi connectivity index (χ2n) is 4.48. The molecule has 0 aliphatic carbocycles. The zero-order chi connectivity index (χ0) is 14.1. The Bertz CT molecular complexity index is 707. The van der Waals surface area contributed by atoms with Gasteiger partial charge in [0, 0.05) is 24.5 Å². The molecule has 7 nitrogen and oxygen atoms in total. The minimum absolute atomic E-state index is 0.165. The number of aldehydes is 1. The fourth-order valence-corrected chi connectivity index (χ4v) is 2.28. The molecule has 2 heterocycles. The Labute approximate surface area is 114 Å². The van der Waals surface area contributed by atoms with Crippen LogP contribution >= 0.6 is 0 Å². The molecule has 1 aromatic carbocycles. The number of amides is 3. The zero-order valence-corrected chi connectivity index (χ0v) is 10.6. The first kappa shape index (κ1) is 12.3. The van der Waals surface area contributed by atoms with Gasteiger partial charge in [-0.05, 0) is 12.1 Å². The minimum Gasteiger partial charge on any atom is -0.301 e. The topological polar surface area (TPSA) is 84.3 Å². The van der Waals surface area contributed by atoms with Gasteiger partial charge < -0.3 is 4.79 Å². The highest BCUT2D eigenvalue weighted by atomic mass is 16.2. The molecule has 0 saturated carbocycles. The van der Waals surface area contributed by atoms with Crippen molar-refractivity contribution < 1.29 is 14.4 Å². The van der Waals surface area contributed by atoms with Crippen molar-refractivity contribution in [1.29, 1.82) is 0 Å². The molecule has 102 valence electrons. The molecule has 0 bridgehead atoms. The molecule has 0 atom stereocenters. The third-order valence-electron chi connectivity index (χ3n) is 3.18. The summed E-state index contributed by atoms with van der Waals surface area (Å²) >= 11 is 0. The lowest BCUT2D eigenvalue weighted by atomic mass is 10.2. The van der Waals surface area contributed by atoms with E-state index in [1.54, 1.807) is 18.3 Å². The van der Waals surface area contributed by atoms with Crippen molar-refractivity contribution in [2.45, 2.75) is 13.0 Å². The van der Waals surface area contributed by atoms with E-state index in [4.69, 9.17) is 0 Å². The Balaban J connectivity index is 2.04. The first-order valence-corrected chi connectivity index (χ1v) is 6.20. The number of anilines is 1. The zero-order valence-electron chi connectivity index (χ0n) is 10.6. The predicted octanol–water partition coefficient (Wildman–Crippen LogP) is 0.681. The maximum atomic E-state index is 11.9. The molecule has 0 unspecified atom stereocenters. The Morgan fingerprint density at radius 2 is 2.20 bits per heavy atom. The van der Waals surface area contributed by atoms with E-state index in [2.05, 4.69) is 10.4 Å². The van der Waals surface area contributed by atoms with Gasteiger partial charge in [0.25, 0.3) is 0 Å². The number of carbonyl (C=O) groups excluding carboxylic acids is 3. The molecule has 3 amide bonds. The van der Waals surface area contributed by atoms with Crippen LogP contribution in [0.15, 0.2) is 24.4 Å². The van der Waals surface area contributed by atoms with Crippen LogP contribution < -0.4 is 10.2 Å². The minimum atomic E-state index is -0.433. The van der Waals surface area contributed by atoms with Gasteiger partial charge in [-0.25, -0.2) is 4.79 Å². The molecule has 3 rings (SSSR count). The Hall–Kier alpha value is -2.70. The molecule has 1 saturated heterocycles. The van der Waals surface area contributed by atoms with Gasteiger partial charge in [0.2, 0.25) is 5.91 Å². The van der Waals surface area contributed by atoms with Gasteiger partial charge in [-0.1, -0.05) is 6.07 Å². The Kier molecular flexibility index (Phi) is 2.94. The summed E-state index contributed by atoms with van der Waals surface area (Å²) in [6.45, 7) is 0.501. The van der Waals surface area contributed by atoms with Crippen molar-refractivity contribution in [1.82, 2.24) is 15.1 Å². The van der Waals surface area contributed by atoms with Crippen LogP contribution in [-0.4, -0.2) is 34.5 Å². The second kappa shape index (κ2) is 4.76. The van der Waals surface area contributed by atoms with E-state index in [0.29, 0.717) is 17.7 Å². The number of rotatable bonds is 3. The fraction of sp³-hybridized carbons (Fsp3) is 0.231. The molecule has 20 heavy (non-hydrogen) atoms. The number of hydrogen-bond acceptors (Lipinski definition) is 4. The summed E-state index contributed by atoms with van der Waals surface area (Å²) in [5, 5.41) is 7.32. The molecule has 0 spiro atoms. The number of hydrogen-bond donors (Lipinski definition) is 1. The molecular weight excluding hydrogens is 260 g/mol. The smallest absolute Gasteiger partial charge is 0.301 e. The number of fused-ring (bicyclic) bond motifs is 1. The number of nitrogens with one attached hydrogen (secondary N) is 1. The van der Waals surface area contributed by atoms with Gasteiger partial charge in [0.05, 0.1) is 17.7 Å². The van der Waals surface area contributed by atoms with E-state index in [0.717, 1.165) is 11.7 Å². The van der Waals surface area contributed by atoms with Crippen LogP contribution in [0.5, 0.6) is 0 Å². The highest BCUT2D eigenvalue weighted by Gasteiger charge is 2.25. The van der Waals surface area contributed by atoms with Crippen LogP contribution in [0, 0.1) is 0 Å². The average molecular weight is 272 g/mol. The van der Waals surface area contributed by atoms with Crippen LogP contribution in [0.3, 0.4) is 0 Å². The number of benzene rings is 1. The van der Waals surface area contributed by atoms with Crippen molar-refractivity contribution in [3.63, 3.8) is 0 Å². The van der Waals surface area contributed by atoms with Crippen LogP contribution in [0.2, 0.25) is 0 Å². The maximum absolute atomic E-state index is 11.9. The van der Waals surface area contributed by atoms with Crippen molar-refractivity contribution in [2.24, 2.45) is 0 Å². The van der Waals surface area contributed by atoms with Crippen LogP contribution in [0.1, 0.15) is 6.42 Å². The third-order valence-corrected chi connectivity index (χ3v) is 3.18. The maximum Gasteiger partial charge on any atom is 0.328 e. The Morgan fingerprint density at radius 1 is 1.35 bits per heavy atom. The van der Waals surface area contributed by atoms with E-state index in [-0.39, 0.29) is 18.9 Å². The quantitative estimate of drug-likeness (QED) is 0.833. The fourth-order valence-electron chi connectivity index (χ4n) is 2.28. The number of carbonyl (C=O) groups is 3. The molecular formula is C13H12N4O3. The molecule has 1 N–H and O–H groups in total. The molecule has 1 aromatic heterocycles. The van der Waals surface area contributed by atoms with Crippen LogP contribution in [0.25, 0.3) is 10.9 Å². The highest BCUT2D eigenvalue weighted by molar-refractivity contribution is 6.09. The summed E-state index contributed by atoms with van der Waals surface area (Å²) in [4.78, 5) is 35.1. The lowest BCUT2D eigenvalue weighted by Crippen LogP contribution is -2.49. The van der Waals surface area contributed by atoms with E-state index < -0.39 is 6.03 Å². The monoisotopic (exact) mass is 272 g/mol. The SMILES string of the molecule is O=CCn1cc2c(N3CCC(=O)NC3=O)cccc2n1. The standard InChI is InChI=1S/C13H12N4O3/c18-7-6-16-8-9-10(15-16)2-1-3-11(9)17-5-4-12(19)14-13(17)20/h1-3,7-8H,4-6H2,(H,14,19,20). The van der Waals surface area contributed by atoms with Crippen LogP contribution in [-0.2, 0) is 16.1 Å². The van der Waals surface area contributed by atoms with Crippen molar-refractivity contribution >= 4 is 34.8 Å². The number of nitrogens with zero attached hydrogens (tertiary/aromatic N) is 3. The van der Waals surface area contributed by atoms with Crippen LogP contribution in [0.4, 0.5) is 10.5 Å². The molecule has 7 heteroatoms. The van der Waals surface area contributed by atoms with Crippen molar-refractivity contribution in [2.75, 3.05) is 11.4 Å². The lowest BCUT2D eigenvalue weighted by Gasteiger charge is -2.26. The van der Waals surface area contributed by atoms with Gasteiger partial charge in [0.1, 0.15) is 6.29 Å². The van der Waals surface area contributed by atoms with E-state index in [1.165, 1.54) is 9.58 Å². The Morgan fingerprint density at radius 3 is 2.95 bits per heavy atom. The lowest BCUT2D eigenvalue weighted by molar-refractivity contribution is -0.120. The highest BCUT2D eigenvalue weighted by Crippen LogP contribution is 2.27. The van der Waals surface area contributed by atoms with E-state index in [1.807, 2.05) is 6.07 Å². The number of urea groups is 1. The van der Waals surface area contributed by atoms with Crippen molar-refractivity contribution in [3.8, 4) is 0 Å². The largest absolute Gasteiger partial charge is 0.328 e. The van der Waals surface area contributed by atoms with Gasteiger partial charge in [0.15, 0.2) is 0 Å². The van der Waals surface area contributed by atoms with Gasteiger partial charge in [-0.3, -0.25) is 19.7 Å². The predicted molar refractivity (Wildman–Crippen MR) is 71.3 cm³/mol. The first-order chi connectivity index (χ1) is 9.69. The average Bonchev–Trinajstić information content (AvgIpc) is 2.82. The van der Waals surface area contributed by atoms with Gasteiger partial charge >= 0.3 is 6.03 Å². The molecule has 1 fully saturated rings. The second-order valence-corrected chi connectivity index (χ2v) is 4.48. The molecule has 0 radical (unpaired) electrons. The van der Waals surface area contributed by atoms with Gasteiger partial charge in [-0.2, -0.15) is 5.10 Å². The van der Waals surface area contributed by atoms with E-state index in [9.17, 15) is 14.4 Å². The third kappa shape index (κ3) is 2.03. The summed E-state index contributed by atoms with van der Waals surface area (Å²) < 4.78 is 1.52. The summed E-state index contributed by atoms with van der Waals surface area (Å²) in [5.41, 5.74) is 1.39. The van der Waals surface area contributed by atoms with E-state index >= 15 is 0 Å². The number of imide groups is 1. The summed E-state index contributed by atoms with van der Waals surface area (Å²) in [7, 11) is 0. The van der Waals surface area contributed by atoms with Crippen molar-refractivity contribution in [3.05, 3.63) is 24.4 Å². The molecule has 1 aliphatic heterocycles. The summed E-state index contributed by atoms with van der Waals surface area (Å²) in [5.74, 6) is -0.268. The first-order valence-electron chi connectivity index (χ1n) is 6.20. The molecule has 1 aliphatic rings. The summed E-state index contributed by atoms with van der Waals surface area (Å²) in [6.07, 6.45) is 2.76. The molecule has 2 aromatic rings. The normalized spacial score (nSPS) is 15.5. The summed E-state index contributed by atoms with van der Waals surface area (Å²) in [6, 6.07) is 4.97. The number of aromatic nitrogens is 2. The van der Waals surface area contributed by atoms with Gasteiger partial charge in [-0.15, -0.1) is 0 Å².